The number of aromatic nitrogens is 1. The highest BCUT2D eigenvalue weighted by Crippen LogP contribution is 2.29. The number of halogens is 2. The van der Waals surface area contributed by atoms with E-state index in [0.717, 1.165) is 5.56 Å². The van der Waals surface area contributed by atoms with Crippen LogP contribution >= 0.6 is 23.2 Å². The second-order valence-corrected chi connectivity index (χ2v) is 9.19. The van der Waals surface area contributed by atoms with Crippen LogP contribution < -0.4 is 10.5 Å². The van der Waals surface area contributed by atoms with Gasteiger partial charge in [0.25, 0.3) is 5.91 Å². The number of carbonyl (C=O) groups excluding carboxylic acids is 1. The molecule has 0 spiro atoms. The number of nitrogens with zero attached hydrogens (tertiary/aromatic N) is 1. The molecule has 3 N–H and O–H groups in total. The number of hydrogen-bond donors (Lipinski definition) is 2. The Bertz CT molecular complexity index is 1440. The molecule has 0 atom stereocenters. The Hall–Kier alpha value is -2.97. The van der Waals surface area contributed by atoms with E-state index in [0.29, 0.717) is 32.2 Å². The predicted octanol–water partition coefficient (Wildman–Crippen LogP) is 5.11. The van der Waals surface area contributed by atoms with Gasteiger partial charge in [0.05, 0.1) is 21.7 Å². The average molecular weight is 472 g/mol. The number of primary sulfonamides is 1. The number of pyridine rings is 1. The van der Waals surface area contributed by atoms with Crippen molar-refractivity contribution in [2.75, 3.05) is 5.32 Å². The number of hydrogen-bond acceptors (Lipinski definition) is 4. The molecule has 0 bridgehead atoms. The molecule has 1 aromatic heterocycles. The summed E-state index contributed by atoms with van der Waals surface area (Å²) in [4.78, 5) is 17.7. The van der Waals surface area contributed by atoms with Crippen LogP contribution in [0.2, 0.25) is 10.0 Å². The molecule has 0 aliphatic heterocycles. The molecule has 6 nitrogen and oxygen atoms in total. The summed E-state index contributed by atoms with van der Waals surface area (Å²) in [7, 11) is -3.90. The fourth-order valence-electron chi connectivity index (χ4n) is 3.13. The van der Waals surface area contributed by atoms with Crippen LogP contribution in [0, 0.1) is 0 Å². The molecule has 0 unspecified atom stereocenters. The lowest BCUT2D eigenvalue weighted by atomic mass is 10.0. The van der Waals surface area contributed by atoms with E-state index in [9.17, 15) is 13.2 Å². The van der Waals surface area contributed by atoms with E-state index in [-0.39, 0.29) is 10.6 Å². The lowest BCUT2D eigenvalue weighted by molar-refractivity contribution is 0.102. The molecule has 0 aliphatic rings. The van der Waals surface area contributed by atoms with Gasteiger partial charge in [-0.05, 0) is 54.6 Å². The van der Waals surface area contributed by atoms with Gasteiger partial charge >= 0.3 is 0 Å². The van der Waals surface area contributed by atoms with Gasteiger partial charge in [0.1, 0.15) is 0 Å². The highest BCUT2D eigenvalue weighted by molar-refractivity contribution is 7.89. The first-order valence-corrected chi connectivity index (χ1v) is 11.3. The Morgan fingerprint density at radius 3 is 2.39 bits per heavy atom. The SMILES string of the molecule is NS(=O)(=O)c1cccc(NC(=O)c2cc(-c3cccc(Cl)c3)nc3ccc(Cl)cc23)c1. The van der Waals surface area contributed by atoms with Crippen molar-refractivity contribution in [3.8, 4) is 11.3 Å². The minimum atomic E-state index is -3.90. The van der Waals surface area contributed by atoms with E-state index in [4.69, 9.17) is 28.3 Å². The average Bonchev–Trinajstić information content (AvgIpc) is 2.72. The Morgan fingerprint density at radius 2 is 1.65 bits per heavy atom. The molecule has 3 aromatic carbocycles. The first-order valence-electron chi connectivity index (χ1n) is 9.01. The van der Waals surface area contributed by atoms with Gasteiger partial charge in [-0.3, -0.25) is 4.79 Å². The third-order valence-corrected chi connectivity index (χ3v) is 5.94. The van der Waals surface area contributed by atoms with Crippen LogP contribution in [0.5, 0.6) is 0 Å². The normalized spacial score (nSPS) is 11.5. The van der Waals surface area contributed by atoms with Gasteiger partial charge in [0.15, 0.2) is 0 Å². The molecule has 31 heavy (non-hydrogen) atoms. The summed E-state index contributed by atoms with van der Waals surface area (Å²) < 4.78 is 23.2. The fourth-order valence-corrected chi connectivity index (χ4v) is 4.05. The molecule has 1 amide bonds. The predicted molar refractivity (Wildman–Crippen MR) is 123 cm³/mol. The monoisotopic (exact) mass is 471 g/mol. The molecule has 0 fully saturated rings. The first-order chi connectivity index (χ1) is 14.7. The van der Waals surface area contributed by atoms with Gasteiger partial charge < -0.3 is 5.32 Å². The van der Waals surface area contributed by atoms with Gasteiger partial charge in [-0.25, -0.2) is 18.5 Å². The highest BCUT2D eigenvalue weighted by atomic mass is 35.5. The van der Waals surface area contributed by atoms with Gasteiger partial charge in [-0.1, -0.05) is 41.4 Å². The standard InChI is InChI=1S/C22H15Cl2N3O3S/c23-14-4-1-3-13(9-14)21-12-19(18-10-15(24)7-8-20(18)27-21)22(28)26-16-5-2-6-17(11-16)31(25,29)30/h1-12H,(H,26,28)(H2,25,29,30). The third kappa shape index (κ3) is 4.70. The first kappa shape index (κ1) is 21.3. The molecule has 156 valence electrons. The molecule has 9 heteroatoms. The smallest absolute Gasteiger partial charge is 0.256 e. The van der Waals surface area contributed by atoms with Crippen molar-refractivity contribution < 1.29 is 13.2 Å². The minimum absolute atomic E-state index is 0.104. The Labute approximate surface area is 188 Å². The number of carbonyl (C=O) groups is 1. The van der Waals surface area contributed by atoms with Crippen LogP contribution in [0.15, 0.2) is 77.7 Å². The maximum Gasteiger partial charge on any atom is 0.256 e. The van der Waals surface area contributed by atoms with Gasteiger partial charge in [-0.15, -0.1) is 0 Å². The highest BCUT2D eigenvalue weighted by Gasteiger charge is 2.16. The van der Waals surface area contributed by atoms with Crippen molar-refractivity contribution in [3.63, 3.8) is 0 Å². The molecule has 1 heterocycles. The zero-order valence-corrected chi connectivity index (χ0v) is 18.2. The van der Waals surface area contributed by atoms with Crippen molar-refractivity contribution in [2.45, 2.75) is 4.90 Å². The van der Waals surface area contributed by atoms with Crippen LogP contribution in [0.25, 0.3) is 22.2 Å². The summed E-state index contributed by atoms with van der Waals surface area (Å²) in [6.07, 6.45) is 0. The zero-order valence-electron chi connectivity index (χ0n) is 15.8. The van der Waals surface area contributed by atoms with Gasteiger partial charge in [0.2, 0.25) is 10.0 Å². The number of anilines is 1. The molecule has 4 aromatic rings. The number of benzene rings is 3. The number of nitrogens with two attached hydrogens (primary N) is 1. The molecule has 4 rings (SSSR count). The Kier molecular flexibility index (Phi) is 5.68. The van der Waals surface area contributed by atoms with Gasteiger partial charge in [0, 0.05) is 26.7 Å². The largest absolute Gasteiger partial charge is 0.322 e. The molecule has 0 saturated carbocycles. The Morgan fingerprint density at radius 1 is 0.903 bits per heavy atom. The van der Waals surface area contributed by atoms with Crippen molar-refractivity contribution >= 4 is 55.7 Å². The topological polar surface area (TPSA) is 102 Å². The van der Waals surface area contributed by atoms with E-state index in [2.05, 4.69) is 10.3 Å². The van der Waals surface area contributed by atoms with Crippen LogP contribution in [0.4, 0.5) is 5.69 Å². The van der Waals surface area contributed by atoms with E-state index < -0.39 is 15.9 Å². The van der Waals surface area contributed by atoms with Gasteiger partial charge in [-0.2, -0.15) is 0 Å². The minimum Gasteiger partial charge on any atom is -0.322 e. The molecule has 0 saturated heterocycles. The summed E-state index contributed by atoms with van der Waals surface area (Å²) in [6.45, 7) is 0. The second kappa shape index (κ2) is 8.28. The number of sulfonamides is 1. The van der Waals surface area contributed by atoms with E-state index in [1.54, 1.807) is 48.5 Å². The van der Waals surface area contributed by atoms with Crippen LogP contribution in [0.3, 0.4) is 0 Å². The second-order valence-electron chi connectivity index (χ2n) is 6.75. The number of nitrogens with one attached hydrogen (secondary N) is 1. The van der Waals surface area contributed by atoms with Crippen molar-refractivity contribution in [3.05, 3.63) is 88.4 Å². The maximum atomic E-state index is 13.2. The third-order valence-electron chi connectivity index (χ3n) is 4.56. The summed E-state index contributed by atoms with van der Waals surface area (Å²) >= 11 is 12.3. The summed E-state index contributed by atoms with van der Waals surface area (Å²) in [5.41, 5.74) is 2.48. The van der Waals surface area contributed by atoms with Crippen LogP contribution in [0.1, 0.15) is 10.4 Å². The maximum absolute atomic E-state index is 13.2. The number of amides is 1. The molecular formula is C22H15Cl2N3O3S. The van der Waals surface area contributed by atoms with E-state index in [1.165, 1.54) is 18.2 Å². The lowest BCUT2D eigenvalue weighted by Crippen LogP contribution is -2.15. The van der Waals surface area contributed by atoms with Crippen LogP contribution in [-0.2, 0) is 10.0 Å². The van der Waals surface area contributed by atoms with Crippen molar-refractivity contribution in [1.29, 1.82) is 0 Å². The molecule has 0 radical (unpaired) electrons. The summed E-state index contributed by atoms with van der Waals surface area (Å²) in [6, 6.07) is 19.6. The van der Waals surface area contributed by atoms with Crippen molar-refractivity contribution in [1.82, 2.24) is 4.98 Å². The quantitative estimate of drug-likeness (QED) is 0.431. The number of fused-ring (bicyclic) bond motifs is 1. The summed E-state index contributed by atoms with van der Waals surface area (Å²) in [5, 5.41) is 9.45. The Balaban J connectivity index is 1.82. The zero-order chi connectivity index (χ0) is 22.2. The van der Waals surface area contributed by atoms with E-state index in [1.807, 2.05) is 6.07 Å². The van der Waals surface area contributed by atoms with E-state index >= 15 is 0 Å². The van der Waals surface area contributed by atoms with Crippen molar-refractivity contribution in [2.24, 2.45) is 5.14 Å². The number of rotatable bonds is 4. The van der Waals surface area contributed by atoms with Crippen LogP contribution in [-0.4, -0.2) is 19.3 Å². The molecular weight excluding hydrogens is 457 g/mol. The fraction of sp³-hybridized carbons (Fsp3) is 0. The lowest BCUT2D eigenvalue weighted by Gasteiger charge is -2.12. The summed E-state index contributed by atoms with van der Waals surface area (Å²) in [5.74, 6) is -0.454. The molecule has 0 aliphatic carbocycles.